The molecule has 7 heteroatoms. The van der Waals surface area contributed by atoms with Crippen molar-refractivity contribution in [3.05, 3.63) is 48.2 Å². The highest BCUT2D eigenvalue weighted by molar-refractivity contribution is 6.25. The molecule has 1 aliphatic heterocycles. The van der Waals surface area contributed by atoms with Gasteiger partial charge in [0.05, 0.1) is 6.20 Å². The van der Waals surface area contributed by atoms with Gasteiger partial charge in [-0.25, -0.2) is 9.18 Å². The molecule has 94 valence electrons. The summed E-state index contributed by atoms with van der Waals surface area (Å²) < 4.78 is 18.6. The molecule has 0 aromatic carbocycles. The zero-order valence-electron chi connectivity index (χ0n) is 9.06. The van der Waals surface area contributed by atoms with E-state index in [1.54, 1.807) is 0 Å². The minimum atomic E-state index is -1.64. The van der Waals surface area contributed by atoms with E-state index in [0.29, 0.717) is 0 Å². The lowest BCUT2D eigenvalue weighted by Crippen LogP contribution is -2.36. The first-order chi connectivity index (χ1) is 8.54. The molecule has 1 aromatic rings. The van der Waals surface area contributed by atoms with Crippen LogP contribution in [-0.2, 0) is 5.00 Å². The van der Waals surface area contributed by atoms with Crippen molar-refractivity contribution in [2.24, 2.45) is 5.73 Å². The van der Waals surface area contributed by atoms with E-state index >= 15 is 0 Å². The number of rotatable bonds is 2. The molecule has 5 nitrogen and oxygen atoms in total. The highest BCUT2D eigenvalue weighted by Gasteiger charge is 2.38. The van der Waals surface area contributed by atoms with Gasteiger partial charge in [0.1, 0.15) is 5.83 Å². The lowest BCUT2D eigenvalue weighted by atomic mass is 10.0. The topological polar surface area (TPSA) is 77.2 Å². The van der Waals surface area contributed by atoms with Gasteiger partial charge in [0.15, 0.2) is 10.7 Å². The van der Waals surface area contributed by atoms with Crippen LogP contribution in [0.15, 0.2) is 42.6 Å². The van der Waals surface area contributed by atoms with Crippen molar-refractivity contribution in [3.63, 3.8) is 0 Å². The number of allylic oxidation sites excluding steroid dienone is 2. The Kier molecular flexibility index (Phi) is 3.20. The van der Waals surface area contributed by atoms with Gasteiger partial charge in [0, 0.05) is 11.8 Å². The lowest BCUT2D eigenvalue weighted by molar-refractivity contribution is 0.209. The monoisotopic (exact) mass is 269 g/mol. The van der Waals surface area contributed by atoms with Crippen LogP contribution in [0.5, 0.6) is 5.75 Å². The molecule has 1 aliphatic rings. The van der Waals surface area contributed by atoms with Crippen LogP contribution in [-0.4, -0.2) is 11.1 Å². The van der Waals surface area contributed by atoms with Crippen LogP contribution in [0.1, 0.15) is 5.56 Å². The lowest BCUT2D eigenvalue weighted by Gasteiger charge is -2.29. The number of nitrogens with zero attached hydrogens (tertiary/aromatic N) is 1. The number of primary amides is 1. The number of nitrogens with two attached hydrogens (primary N) is 1. The first-order valence-electron chi connectivity index (χ1n) is 4.95. The number of dihydropyridines is 1. The average Bonchev–Trinajstić information content (AvgIpc) is 2.33. The van der Waals surface area contributed by atoms with E-state index < -0.39 is 16.9 Å². The number of amides is 1. The average molecular weight is 270 g/mol. The molecule has 2 rings (SSSR count). The summed E-state index contributed by atoms with van der Waals surface area (Å²) in [4.78, 5) is 12.9. The number of halogens is 2. The molecule has 2 heterocycles. The van der Waals surface area contributed by atoms with E-state index in [4.69, 9.17) is 22.1 Å². The SMILES string of the molecule is NC(=O)Oc1cnccc1C1(Cl)NC=CC=C1F. The molecule has 18 heavy (non-hydrogen) atoms. The molecule has 0 aliphatic carbocycles. The van der Waals surface area contributed by atoms with Gasteiger partial charge < -0.3 is 15.8 Å². The number of ether oxygens (including phenoxy) is 1. The first-order valence-corrected chi connectivity index (χ1v) is 5.33. The van der Waals surface area contributed by atoms with Crippen molar-refractivity contribution in [1.29, 1.82) is 0 Å². The van der Waals surface area contributed by atoms with E-state index in [0.717, 1.165) is 0 Å². The number of aromatic nitrogens is 1. The number of nitrogens with one attached hydrogen (secondary N) is 1. The van der Waals surface area contributed by atoms with Gasteiger partial charge in [-0.1, -0.05) is 11.6 Å². The van der Waals surface area contributed by atoms with Crippen LogP contribution in [0.3, 0.4) is 0 Å². The third-order valence-electron chi connectivity index (χ3n) is 2.32. The van der Waals surface area contributed by atoms with Crippen LogP contribution in [0.25, 0.3) is 0 Å². The molecular formula is C11H9ClFN3O2. The molecule has 0 spiro atoms. The fourth-order valence-corrected chi connectivity index (χ4v) is 1.82. The van der Waals surface area contributed by atoms with Gasteiger partial charge in [0.2, 0.25) is 0 Å². The Hall–Kier alpha value is -2.08. The van der Waals surface area contributed by atoms with E-state index in [1.165, 1.54) is 36.8 Å². The zero-order chi connectivity index (χ0) is 13.2. The number of carbonyl (C=O) groups excluding carboxylic acids is 1. The maximum Gasteiger partial charge on any atom is 0.410 e. The molecule has 1 unspecified atom stereocenters. The Morgan fingerprint density at radius 1 is 1.61 bits per heavy atom. The maximum absolute atomic E-state index is 13.9. The van der Waals surface area contributed by atoms with Crippen LogP contribution in [0.4, 0.5) is 9.18 Å². The number of hydrogen-bond donors (Lipinski definition) is 2. The Balaban J connectivity index is 2.47. The minimum Gasteiger partial charge on any atom is -0.408 e. The zero-order valence-corrected chi connectivity index (χ0v) is 9.82. The number of pyridine rings is 1. The fraction of sp³-hybridized carbons (Fsp3) is 0.0909. The first kappa shape index (κ1) is 12.4. The summed E-state index contributed by atoms with van der Waals surface area (Å²) in [5, 5.41) is 2.66. The predicted octanol–water partition coefficient (Wildman–Crippen LogP) is 1.90. The van der Waals surface area contributed by atoms with Crippen LogP contribution >= 0.6 is 11.6 Å². The second-order valence-corrected chi connectivity index (χ2v) is 4.04. The van der Waals surface area contributed by atoms with Crippen molar-refractivity contribution in [1.82, 2.24) is 10.3 Å². The second kappa shape index (κ2) is 4.66. The van der Waals surface area contributed by atoms with Crippen LogP contribution in [0.2, 0.25) is 0 Å². The van der Waals surface area contributed by atoms with Gasteiger partial charge in [-0.15, -0.1) is 0 Å². The summed E-state index contributed by atoms with van der Waals surface area (Å²) in [5.74, 6) is -0.640. The van der Waals surface area contributed by atoms with Crippen molar-refractivity contribution in [2.75, 3.05) is 0 Å². The van der Waals surface area contributed by atoms with Crippen LogP contribution < -0.4 is 15.8 Å². The van der Waals surface area contributed by atoms with Crippen molar-refractivity contribution in [2.45, 2.75) is 5.00 Å². The molecule has 0 saturated carbocycles. The molecule has 1 atom stereocenters. The Morgan fingerprint density at radius 2 is 2.39 bits per heavy atom. The highest BCUT2D eigenvalue weighted by Crippen LogP contribution is 2.40. The Bertz CT molecular complexity index is 547. The summed E-state index contributed by atoms with van der Waals surface area (Å²) in [6.07, 6.45) is 5.76. The summed E-state index contributed by atoms with van der Waals surface area (Å²) in [5.41, 5.74) is 5.13. The van der Waals surface area contributed by atoms with Crippen molar-refractivity contribution in [3.8, 4) is 5.75 Å². The largest absolute Gasteiger partial charge is 0.410 e. The third-order valence-corrected chi connectivity index (χ3v) is 2.81. The molecule has 1 aromatic heterocycles. The third kappa shape index (κ3) is 2.14. The molecule has 3 N–H and O–H groups in total. The summed E-state index contributed by atoms with van der Waals surface area (Å²) in [6, 6.07) is 1.44. The van der Waals surface area contributed by atoms with Gasteiger partial charge in [0.25, 0.3) is 0 Å². The quantitative estimate of drug-likeness (QED) is 0.635. The van der Waals surface area contributed by atoms with Crippen molar-refractivity contribution >= 4 is 17.7 Å². The standard InChI is InChI=1S/C11H9ClFN3O2/c12-11(9(13)2-1-4-16-11)7-3-5-15-6-8(7)18-10(14)17/h1-6,16H,(H2,14,17). The van der Waals surface area contributed by atoms with Gasteiger partial charge >= 0.3 is 6.09 Å². The van der Waals surface area contributed by atoms with Gasteiger partial charge in [-0.2, -0.15) is 0 Å². The Labute approximate surface area is 107 Å². The molecule has 0 radical (unpaired) electrons. The number of hydrogen-bond acceptors (Lipinski definition) is 4. The van der Waals surface area contributed by atoms with Gasteiger partial charge in [-0.3, -0.25) is 4.98 Å². The molecule has 1 amide bonds. The van der Waals surface area contributed by atoms with Crippen molar-refractivity contribution < 1.29 is 13.9 Å². The number of carbonyl (C=O) groups is 1. The Morgan fingerprint density at radius 3 is 3.06 bits per heavy atom. The van der Waals surface area contributed by atoms with Gasteiger partial charge in [-0.05, 0) is 24.4 Å². The van der Waals surface area contributed by atoms with E-state index in [2.05, 4.69) is 10.3 Å². The van der Waals surface area contributed by atoms with E-state index in [-0.39, 0.29) is 11.3 Å². The summed E-state index contributed by atoms with van der Waals surface area (Å²) >= 11 is 6.17. The molecule has 0 saturated heterocycles. The molecule has 0 bridgehead atoms. The summed E-state index contributed by atoms with van der Waals surface area (Å²) in [7, 11) is 0. The second-order valence-electron chi connectivity index (χ2n) is 3.47. The molecule has 0 fully saturated rings. The highest BCUT2D eigenvalue weighted by atomic mass is 35.5. The fourth-order valence-electron chi connectivity index (χ4n) is 1.54. The van der Waals surface area contributed by atoms with E-state index in [9.17, 15) is 9.18 Å². The predicted molar refractivity (Wildman–Crippen MR) is 63.4 cm³/mol. The molecular weight excluding hydrogens is 261 g/mol. The maximum atomic E-state index is 13.9. The minimum absolute atomic E-state index is 0.00801. The van der Waals surface area contributed by atoms with E-state index in [1.807, 2.05) is 0 Å². The number of alkyl halides is 1. The summed E-state index contributed by atoms with van der Waals surface area (Å²) in [6.45, 7) is 0. The van der Waals surface area contributed by atoms with Crippen LogP contribution in [0, 0.1) is 0 Å². The normalized spacial score (nSPS) is 22.0. The smallest absolute Gasteiger partial charge is 0.408 e.